The lowest BCUT2D eigenvalue weighted by molar-refractivity contribution is 0.0790. The summed E-state index contributed by atoms with van der Waals surface area (Å²) in [5.41, 5.74) is 2.53. The topological polar surface area (TPSA) is 47.4 Å². The van der Waals surface area contributed by atoms with E-state index in [9.17, 15) is 9.18 Å². The summed E-state index contributed by atoms with van der Waals surface area (Å²) in [5, 5.41) is 5.57. The first-order chi connectivity index (χ1) is 14.0. The Morgan fingerprint density at radius 1 is 1.21 bits per heavy atom. The number of benzene rings is 2. The summed E-state index contributed by atoms with van der Waals surface area (Å²) >= 11 is 1.41. The highest BCUT2D eigenvalue weighted by molar-refractivity contribution is 7.20. The van der Waals surface area contributed by atoms with E-state index in [0.717, 1.165) is 21.6 Å². The second-order valence-electron chi connectivity index (χ2n) is 6.79. The predicted molar refractivity (Wildman–Crippen MR) is 112 cm³/mol. The van der Waals surface area contributed by atoms with Crippen molar-refractivity contribution < 1.29 is 13.9 Å². The van der Waals surface area contributed by atoms with Gasteiger partial charge >= 0.3 is 0 Å². The molecular weight excluding hydrogens is 389 g/mol. The molecule has 29 heavy (non-hydrogen) atoms. The second-order valence-corrected chi connectivity index (χ2v) is 7.82. The molecule has 0 saturated carbocycles. The molecule has 0 spiro atoms. The largest absolute Gasteiger partial charge is 0.494 e. The number of para-hydroxylation sites is 1. The van der Waals surface area contributed by atoms with Crippen molar-refractivity contribution in [1.29, 1.82) is 0 Å². The van der Waals surface area contributed by atoms with Gasteiger partial charge in [-0.15, -0.1) is 11.3 Å². The number of hydrogen-bond donors (Lipinski definition) is 0. The molecule has 5 nitrogen and oxygen atoms in total. The van der Waals surface area contributed by atoms with Crippen molar-refractivity contribution in [2.75, 3.05) is 14.2 Å². The van der Waals surface area contributed by atoms with Crippen molar-refractivity contribution in [3.63, 3.8) is 0 Å². The number of nitrogens with zero attached hydrogens (tertiary/aromatic N) is 3. The fourth-order valence-corrected chi connectivity index (χ4v) is 4.42. The fraction of sp³-hybridized carbons (Fsp3) is 0.182. The van der Waals surface area contributed by atoms with Gasteiger partial charge in [0.15, 0.2) is 11.6 Å². The first kappa shape index (κ1) is 19.1. The van der Waals surface area contributed by atoms with Crippen molar-refractivity contribution in [3.05, 3.63) is 76.5 Å². The Hall–Kier alpha value is -3.19. The summed E-state index contributed by atoms with van der Waals surface area (Å²) in [6.45, 7) is 2.24. The lowest BCUT2D eigenvalue weighted by Crippen LogP contribution is -2.25. The van der Waals surface area contributed by atoms with Gasteiger partial charge in [-0.1, -0.05) is 24.3 Å². The number of thiophene rings is 1. The van der Waals surface area contributed by atoms with Crippen LogP contribution in [0, 0.1) is 12.7 Å². The maximum Gasteiger partial charge on any atom is 0.264 e. The number of aryl methyl sites for hydroxylation is 1. The van der Waals surface area contributed by atoms with Crippen molar-refractivity contribution in [2.45, 2.75) is 13.5 Å². The highest BCUT2D eigenvalue weighted by Gasteiger charge is 2.20. The van der Waals surface area contributed by atoms with Crippen molar-refractivity contribution in [1.82, 2.24) is 14.7 Å². The zero-order valence-corrected chi connectivity index (χ0v) is 17.2. The summed E-state index contributed by atoms with van der Waals surface area (Å²) in [4.78, 5) is 16.1. The van der Waals surface area contributed by atoms with Crippen LogP contribution in [0.2, 0.25) is 0 Å². The third-order valence-electron chi connectivity index (χ3n) is 4.74. The van der Waals surface area contributed by atoms with E-state index in [1.54, 1.807) is 24.1 Å². The molecule has 0 unspecified atom stereocenters. The zero-order valence-electron chi connectivity index (χ0n) is 16.3. The van der Waals surface area contributed by atoms with Crippen LogP contribution in [0.4, 0.5) is 4.39 Å². The summed E-state index contributed by atoms with van der Waals surface area (Å²) < 4.78 is 20.7. The third-order valence-corrected chi connectivity index (χ3v) is 5.84. The standard InChI is InChI=1S/C22H20FN3O2S/c1-14-17-12-20(29-22(17)26(24-14)16-7-5-4-6-8-16)21(27)25(2)13-15-9-10-19(28-3)18(23)11-15/h4-12H,13H2,1-3H3. The highest BCUT2D eigenvalue weighted by Crippen LogP contribution is 2.31. The minimum atomic E-state index is -0.439. The van der Waals surface area contributed by atoms with E-state index in [1.807, 2.05) is 48.0 Å². The molecule has 1 amide bonds. The molecule has 0 saturated heterocycles. The van der Waals surface area contributed by atoms with E-state index in [0.29, 0.717) is 17.0 Å². The number of methoxy groups -OCH3 is 1. The van der Waals surface area contributed by atoms with Crippen LogP contribution in [0.25, 0.3) is 15.9 Å². The van der Waals surface area contributed by atoms with E-state index in [1.165, 1.54) is 24.5 Å². The third kappa shape index (κ3) is 3.61. The molecule has 0 radical (unpaired) electrons. The van der Waals surface area contributed by atoms with Crippen LogP contribution in [0.1, 0.15) is 20.9 Å². The summed E-state index contributed by atoms with van der Waals surface area (Å²) in [7, 11) is 3.14. The van der Waals surface area contributed by atoms with Crippen molar-refractivity contribution in [3.8, 4) is 11.4 Å². The Kier molecular flexibility index (Phi) is 5.07. The number of aromatic nitrogens is 2. The molecule has 0 aliphatic heterocycles. The van der Waals surface area contributed by atoms with Gasteiger partial charge in [-0.05, 0) is 42.8 Å². The lowest BCUT2D eigenvalue weighted by Gasteiger charge is -2.16. The number of carbonyl (C=O) groups excluding carboxylic acids is 1. The molecule has 0 bridgehead atoms. The summed E-state index contributed by atoms with van der Waals surface area (Å²) in [6, 6.07) is 16.4. The van der Waals surface area contributed by atoms with Gasteiger partial charge in [0.1, 0.15) is 4.83 Å². The van der Waals surface area contributed by atoms with Crippen LogP contribution < -0.4 is 4.74 Å². The Morgan fingerprint density at radius 2 is 1.97 bits per heavy atom. The van der Waals surface area contributed by atoms with Crippen LogP contribution in [-0.4, -0.2) is 34.7 Å². The molecule has 0 N–H and O–H groups in total. The SMILES string of the molecule is COc1ccc(CN(C)C(=O)c2cc3c(C)nn(-c4ccccc4)c3s2)cc1F. The molecule has 2 aromatic heterocycles. The van der Waals surface area contributed by atoms with E-state index in [2.05, 4.69) is 5.10 Å². The normalized spacial score (nSPS) is 11.0. The van der Waals surface area contributed by atoms with Gasteiger partial charge in [-0.3, -0.25) is 4.79 Å². The first-order valence-corrected chi connectivity index (χ1v) is 9.92. The molecule has 2 aromatic carbocycles. The number of halogens is 1. The Bertz CT molecular complexity index is 1180. The van der Waals surface area contributed by atoms with Gasteiger partial charge in [0.25, 0.3) is 5.91 Å². The highest BCUT2D eigenvalue weighted by atomic mass is 32.1. The molecule has 148 valence electrons. The van der Waals surface area contributed by atoms with Crippen molar-refractivity contribution in [2.24, 2.45) is 0 Å². The van der Waals surface area contributed by atoms with E-state index >= 15 is 0 Å². The van der Waals surface area contributed by atoms with Gasteiger partial charge in [0.05, 0.1) is 23.4 Å². The Balaban J connectivity index is 1.61. The van der Waals surface area contributed by atoms with Crippen molar-refractivity contribution >= 4 is 27.5 Å². The predicted octanol–water partition coefficient (Wildman–Crippen LogP) is 4.82. The summed E-state index contributed by atoms with van der Waals surface area (Å²) in [5.74, 6) is -0.360. The molecular formula is C22H20FN3O2S. The average Bonchev–Trinajstić information content (AvgIpc) is 3.29. The molecule has 0 aliphatic rings. The number of fused-ring (bicyclic) bond motifs is 1. The number of rotatable bonds is 5. The van der Waals surface area contributed by atoms with E-state index in [-0.39, 0.29) is 11.7 Å². The molecule has 4 aromatic rings. The second kappa shape index (κ2) is 7.67. The summed E-state index contributed by atoms with van der Waals surface area (Å²) in [6.07, 6.45) is 0. The molecule has 7 heteroatoms. The number of carbonyl (C=O) groups is 1. The molecule has 0 atom stereocenters. The minimum Gasteiger partial charge on any atom is -0.494 e. The fourth-order valence-electron chi connectivity index (χ4n) is 3.24. The Labute approximate surface area is 171 Å². The first-order valence-electron chi connectivity index (χ1n) is 9.10. The number of hydrogen-bond acceptors (Lipinski definition) is 4. The average molecular weight is 409 g/mol. The number of ether oxygens (including phenoxy) is 1. The van der Waals surface area contributed by atoms with Gasteiger partial charge in [-0.25, -0.2) is 9.07 Å². The monoisotopic (exact) mass is 409 g/mol. The quantitative estimate of drug-likeness (QED) is 0.475. The van der Waals surface area contributed by atoms with Crippen LogP contribution in [-0.2, 0) is 6.54 Å². The van der Waals surface area contributed by atoms with Gasteiger partial charge in [0.2, 0.25) is 0 Å². The van der Waals surface area contributed by atoms with Gasteiger partial charge in [0, 0.05) is 19.0 Å². The Morgan fingerprint density at radius 3 is 2.66 bits per heavy atom. The van der Waals surface area contributed by atoms with Gasteiger partial charge < -0.3 is 9.64 Å². The molecule has 2 heterocycles. The van der Waals surface area contributed by atoms with Gasteiger partial charge in [-0.2, -0.15) is 5.10 Å². The van der Waals surface area contributed by atoms with Crippen LogP contribution in [0.5, 0.6) is 5.75 Å². The smallest absolute Gasteiger partial charge is 0.264 e. The maximum absolute atomic E-state index is 13.9. The lowest BCUT2D eigenvalue weighted by atomic mass is 10.2. The zero-order chi connectivity index (χ0) is 20.5. The minimum absolute atomic E-state index is 0.110. The molecule has 0 aliphatic carbocycles. The molecule has 0 fully saturated rings. The van der Waals surface area contributed by atoms with Crippen LogP contribution in [0.15, 0.2) is 54.6 Å². The van der Waals surface area contributed by atoms with Crippen LogP contribution in [0.3, 0.4) is 0 Å². The van der Waals surface area contributed by atoms with E-state index < -0.39 is 5.82 Å². The number of amides is 1. The van der Waals surface area contributed by atoms with Crippen LogP contribution >= 0.6 is 11.3 Å². The van der Waals surface area contributed by atoms with E-state index in [4.69, 9.17) is 4.74 Å². The maximum atomic E-state index is 13.9. The molecule has 4 rings (SSSR count).